The van der Waals surface area contributed by atoms with E-state index in [1.807, 2.05) is 0 Å². The van der Waals surface area contributed by atoms with E-state index in [-0.39, 0.29) is 10.8 Å². The molecule has 0 aliphatic carbocycles. The zero-order chi connectivity index (χ0) is 14.8. The van der Waals surface area contributed by atoms with Gasteiger partial charge in [0.05, 0.1) is 4.90 Å². The van der Waals surface area contributed by atoms with Crippen LogP contribution in [0.3, 0.4) is 0 Å². The lowest BCUT2D eigenvalue weighted by Gasteiger charge is -2.26. The number of sulfonamides is 1. The molecule has 0 saturated carbocycles. The highest BCUT2D eigenvalue weighted by molar-refractivity contribution is 7.89. The number of nitrogens with zero attached hydrogens (tertiary/aromatic N) is 1. The van der Waals surface area contributed by atoms with Gasteiger partial charge < -0.3 is 10.6 Å². The van der Waals surface area contributed by atoms with E-state index >= 15 is 0 Å². The molecule has 2 N–H and O–H groups in total. The second-order valence-electron chi connectivity index (χ2n) is 5.09. The second kappa shape index (κ2) is 5.90. The predicted molar refractivity (Wildman–Crippen MR) is 76.9 cm³/mol. The summed E-state index contributed by atoms with van der Waals surface area (Å²) in [4.78, 5) is 12.0. The Balaban J connectivity index is 2.07. The quantitative estimate of drug-likeness (QED) is 0.829. The van der Waals surface area contributed by atoms with Gasteiger partial charge in [-0.05, 0) is 37.2 Å². The Labute approximate surface area is 119 Å². The number of carbonyl (C=O) groups is 1. The fourth-order valence-electron chi connectivity index (χ4n) is 1.91. The monoisotopic (exact) mass is 297 g/mol. The Morgan fingerprint density at radius 3 is 2.65 bits per heavy atom. The molecule has 1 aliphatic heterocycles. The number of carbonyl (C=O) groups excluding carboxylic acids is 1. The first-order valence-electron chi connectivity index (χ1n) is 6.43. The highest BCUT2D eigenvalue weighted by Crippen LogP contribution is 2.18. The average Bonchev–Trinajstić information content (AvgIpc) is 2.34. The van der Waals surface area contributed by atoms with Gasteiger partial charge in [0.25, 0.3) is 0 Å². The summed E-state index contributed by atoms with van der Waals surface area (Å²) in [5.74, 6) is 0.291. The van der Waals surface area contributed by atoms with E-state index in [1.54, 1.807) is 12.1 Å². The Kier molecular flexibility index (Phi) is 4.42. The summed E-state index contributed by atoms with van der Waals surface area (Å²) < 4.78 is 25.2. The number of hydrogen-bond donors (Lipinski definition) is 2. The van der Waals surface area contributed by atoms with Crippen LogP contribution in [0.1, 0.15) is 6.42 Å². The number of nitrogens with one attached hydrogen (secondary N) is 2. The van der Waals surface area contributed by atoms with Crippen molar-refractivity contribution in [2.24, 2.45) is 5.92 Å². The lowest BCUT2D eigenvalue weighted by Crippen LogP contribution is -2.43. The first-order valence-corrected chi connectivity index (χ1v) is 7.87. The molecule has 7 heteroatoms. The van der Waals surface area contributed by atoms with Gasteiger partial charge in [0, 0.05) is 26.2 Å². The molecule has 0 bridgehead atoms. The van der Waals surface area contributed by atoms with Gasteiger partial charge in [0.1, 0.15) is 0 Å². The smallest absolute Gasteiger partial charge is 0.242 e. The van der Waals surface area contributed by atoms with Crippen molar-refractivity contribution < 1.29 is 13.2 Å². The summed E-state index contributed by atoms with van der Waals surface area (Å²) in [5.41, 5.74) is 0.505. The third kappa shape index (κ3) is 3.36. The van der Waals surface area contributed by atoms with Crippen LogP contribution in [-0.4, -0.2) is 45.8 Å². The van der Waals surface area contributed by atoms with Gasteiger partial charge in [0.2, 0.25) is 15.9 Å². The van der Waals surface area contributed by atoms with Crippen LogP contribution in [0.25, 0.3) is 0 Å². The van der Waals surface area contributed by atoms with Crippen molar-refractivity contribution in [2.75, 3.05) is 32.5 Å². The van der Waals surface area contributed by atoms with E-state index in [0.717, 1.165) is 17.4 Å². The minimum Gasteiger partial charge on any atom is -0.326 e. The molecule has 20 heavy (non-hydrogen) atoms. The number of rotatable bonds is 5. The van der Waals surface area contributed by atoms with Crippen LogP contribution in [0.2, 0.25) is 0 Å². The molecule has 1 saturated heterocycles. The molecule has 0 atom stereocenters. The summed E-state index contributed by atoms with van der Waals surface area (Å²) >= 11 is 0. The van der Waals surface area contributed by atoms with E-state index in [9.17, 15) is 13.2 Å². The van der Waals surface area contributed by atoms with Crippen LogP contribution in [-0.2, 0) is 14.8 Å². The molecule has 0 spiro atoms. The van der Waals surface area contributed by atoms with Gasteiger partial charge in [-0.1, -0.05) is 6.07 Å². The molecule has 1 aliphatic rings. The fraction of sp³-hybridized carbons (Fsp3) is 0.462. The summed E-state index contributed by atoms with van der Waals surface area (Å²) in [5, 5.41) is 5.85. The topological polar surface area (TPSA) is 78.5 Å². The van der Waals surface area contributed by atoms with Gasteiger partial charge >= 0.3 is 0 Å². The molecule has 1 aromatic rings. The lowest BCUT2D eigenvalue weighted by molar-refractivity contribution is -0.117. The van der Waals surface area contributed by atoms with Crippen molar-refractivity contribution in [3.63, 3.8) is 0 Å². The molecule has 1 fully saturated rings. The van der Waals surface area contributed by atoms with Crippen LogP contribution < -0.4 is 10.6 Å². The summed E-state index contributed by atoms with van der Waals surface area (Å²) in [7, 11) is -0.527. The molecule has 1 heterocycles. The summed E-state index contributed by atoms with van der Waals surface area (Å²) in [6.45, 7) is 1.73. The SMILES string of the molecule is CN(C)S(=O)(=O)c1cccc(NC(=O)CC2CNC2)c1. The largest absolute Gasteiger partial charge is 0.326 e. The molecule has 110 valence electrons. The number of benzene rings is 1. The normalized spacial score (nSPS) is 15.9. The Morgan fingerprint density at radius 1 is 1.40 bits per heavy atom. The van der Waals surface area contributed by atoms with E-state index in [4.69, 9.17) is 0 Å². The van der Waals surface area contributed by atoms with E-state index < -0.39 is 10.0 Å². The third-order valence-electron chi connectivity index (χ3n) is 3.24. The zero-order valence-corrected chi connectivity index (χ0v) is 12.4. The lowest BCUT2D eigenvalue weighted by atomic mass is 9.99. The standard InChI is InChI=1S/C13H19N3O3S/c1-16(2)20(18,19)12-5-3-4-11(7-12)15-13(17)6-10-8-14-9-10/h3-5,7,10,14H,6,8-9H2,1-2H3,(H,15,17). The molecule has 1 amide bonds. The van der Waals surface area contributed by atoms with Gasteiger partial charge in [-0.15, -0.1) is 0 Å². The summed E-state index contributed by atoms with van der Waals surface area (Å²) in [6.07, 6.45) is 0.456. The molecule has 2 rings (SSSR count). The van der Waals surface area contributed by atoms with Crippen LogP contribution in [0.15, 0.2) is 29.2 Å². The number of hydrogen-bond acceptors (Lipinski definition) is 4. The Hall–Kier alpha value is -1.44. The Morgan fingerprint density at radius 2 is 2.10 bits per heavy atom. The maximum absolute atomic E-state index is 12.0. The van der Waals surface area contributed by atoms with E-state index in [2.05, 4.69) is 10.6 Å². The zero-order valence-electron chi connectivity index (χ0n) is 11.6. The predicted octanol–water partition coefficient (Wildman–Crippen LogP) is 0.485. The highest BCUT2D eigenvalue weighted by atomic mass is 32.2. The van der Waals surface area contributed by atoms with Gasteiger partial charge in [0.15, 0.2) is 0 Å². The second-order valence-corrected chi connectivity index (χ2v) is 7.24. The van der Waals surface area contributed by atoms with Crippen molar-refractivity contribution in [2.45, 2.75) is 11.3 Å². The fourth-order valence-corrected chi connectivity index (χ4v) is 2.86. The van der Waals surface area contributed by atoms with Gasteiger partial charge in [-0.25, -0.2) is 12.7 Å². The van der Waals surface area contributed by atoms with E-state index in [1.165, 1.54) is 26.2 Å². The number of anilines is 1. The van der Waals surface area contributed by atoms with Crippen molar-refractivity contribution in [1.29, 1.82) is 0 Å². The minimum absolute atomic E-state index is 0.0871. The van der Waals surface area contributed by atoms with Crippen LogP contribution in [0.4, 0.5) is 5.69 Å². The van der Waals surface area contributed by atoms with Gasteiger partial charge in [-0.3, -0.25) is 4.79 Å². The maximum atomic E-state index is 12.0. The van der Waals surface area contributed by atoms with E-state index in [0.29, 0.717) is 18.0 Å². The van der Waals surface area contributed by atoms with Crippen molar-refractivity contribution in [3.8, 4) is 0 Å². The first-order chi connectivity index (χ1) is 9.39. The molecule has 0 aromatic heterocycles. The van der Waals surface area contributed by atoms with Crippen LogP contribution in [0, 0.1) is 5.92 Å². The molecular formula is C13H19N3O3S. The number of amides is 1. The third-order valence-corrected chi connectivity index (χ3v) is 5.05. The first kappa shape index (κ1) is 15.0. The Bertz CT molecular complexity index is 595. The van der Waals surface area contributed by atoms with Crippen molar-refractivity contribution >= 4 is 21.6 Å². The highest BCUT2D eigenvalue weighted by Gasteiger charge is 2.21. The maximum Gasteiger partial charge on any atom is 0.242 e. The van der Waals surface area contributed by atoms with Crippen molar-refractivity contribution in [3.05, 3.63) is 24.3 Å². The van der Waals surface area contributed by atoms with Gasteiger partial charge in [-0.2, -0.15) is 0 Å². The molecule has 0 unspecified atom stereocenters. The molecule has 1 aromatic carbocycles. The molecular weight excluding hydrogens is 278 g/mol. The summed E-state index contributed by atoms with van der Waals surface area (Å²) in [6, 6.07) is 6.30. The average molecular weight is 297 g/mol. The van der Waals surface area contributed by atoms with Crippen molar-refractivity contribution in [1.82, 2.24) is 9.62 Å². The minimum atomic E-state index is -3.48. The molecule has 6 nitrogen and oxygen atoms in total. The van der Waals surface area contributed by atoms with Crippen LogP contribution >= 0.6 is 0 Å². The van der Waals surface area contributed by atoms with Crippen LogP contribution in [0.5, 0.6) is 0 Å². The molecule has 0 radical (unpaired) electrons.